The second-order valence-electron chi connectivity index (χ2n) is 2.64. The Labute approximate surface area is 91.3 Å². The Hall–Kier alpha value is -1.32. The van der Waals surface area contributed by atoms with Gasteiger partial charge in [0.15, 0.2) is 5.75 Å². The number of nitrogens with zero attached hydrogens (tertiary/aromatic N) is 1. The lowest BCUT2D eigenvalue weighted by Crippen LogP contribution is -2.15. The van der Waals surface area contributed by atoms with Crippen LogP contribution in [0.15, 0.2) is 18.2 Å². The lowest BCUT2D eigenvalue weighted by Gasteiger charge is -2.06. The molecule has 0 unspecified atom stereocenters. The van der Waals surface area contributed by atoms with Crippen LogP contribution in [0.3, 0.4) is 0 Å². The van der Waals surface area contributed by atoms with Crippen LogP contribution >= 0.6 is 11.6 Å². The summed E-state index contributed by atoms with van der Waals surface area (Å²) >= 11 is 5.63. The third-order valence-electron chi connectivity index (χ3n) is 1.45. The van der Waals surface area contributed by atoms with Crippen molar-refractivity contribution in [2.45, 2.75) is 0 Å². The van der Waals surface area contributed by atoms with Crippen molar-refractivity contribution in [3.63, 3.8) is 0 Å². The highest BCUT2D eigenvalue weighted by Gasteiger charge is 2.12. The van der Waals surface area contributed by atoms with Crippen molar-refractivity contribution >= 4 is 27.3 Å². The molecule has 1 aromatic carbocycles. The van der Waals surface area contributed by atoms with Crippen molar-refractivity contribution in [2.24, 2.45) is 0 Å². The smallest absolute Gasteiger partial charge is 0.246 e. The molecule has 1 rings (SSSR count). The summed E-state index contributed by atoms with van der Waals surface area (Å²) in [7, 11) is -3.79. The lowest BCUT2D eigenvalue weighted by atomic mass is 10.3. The standard InChI is InChI=1S/C8H6ClFN2O2S/c9-7-2-1-6(10)5-8(7)12-15(13,14)4-3-11/h1-2,5,12H,4H2. The van der Waals surface area contributed by atoms with E-state index in [0.717, 1.165) is 12.1 Å². The van der Waals surface area contributed by atoms with Crippen LogP contribution in [0.25, 0.3) is 0 Å². The summed E-state index contributed by atoms with van der Waals surface area (Å²) in [5.41, 5.74) is -0.0769. The monoisotopic (exact) mass is 248 g/mol. The van der Waals surface area contributed by atoms with E-state index < -0.39 is 21.6 Å². The maximum atomic E-state index is 12.7. The van der Waals surface area contributed by atoms with Crippen molar-refractivity contribution in [1.82, 2.24) is 0 Å². The molecule has 0 spiro atoms. The molecule has 0 aliphatic rings. The first-order valence-corrected chi connectivity index (χ1v) is 5.80. The Balaban J connectivity index is 3.00. The molecule has 0 saturated carbocycles. The molecule has 0 bridgehead atoms. The normalized spacial score (nSPS) is 10.7. The van der Waals surface area contributed by atoms with Gasteiger partial charge in [-0.3, -0.25) is 4.72 Å². The summed E-state index contributed by atoms with van der Waals surface area (Å²) in [5, 5.41) is 8.30. The molecule has 0 aromatic heterocycles. The minimum Gasteiger partial charge on any atom is -0.281 e. The molecule has 1 aromatic rings. The van der Waals surface area contributed by atoms with Gasteiger partial charge in [-0.05, 0) is 18.2 Å². The third-order valence-corrected chi connectivity index (χ3v) is 2.82. The van der Waals surface area contributed by atoms with Crippen molar-refractivity contribution in [1.29, 1.82) is 5.26 Å². The minimum absolute atomic E-state index is 0.0675. The van der Waals surface area contributed by atoms with Crippen LogP contribution in [0.5, 0.6) is 0 Å². The van der Waals surface area contributed by atoms with Crippen LogP contribution in [0.2, 0.25) is 5.02 Å². The fourth-order valence-electron chi connectivity index (χ4n) is 0.864. The molecule has 0 heterocycles. The van der Waals surface area contributed by atoms with Crippen molar-refractivity contribution in [3.8, 4) is 6.07 Å². The van der Waals surface area contributed by atoms with Gasteiger partial charge < -0.3 is 0 Å². The van der Waals surface area contributed by atoms with Gasteiger partial charge in [0.05, 0.1) is 16.8 Å². The molecule has 0 aliphatic heterocycles. The molecule has 0 fully saturated rings. The van der Waals surface area contributed by atoms with Crippen LogP contribution in [-0.2, 0) is 10.0 Å². The first kappa shape index (κ1) is 11.8. The van der Waals surface area contributed by atoms with E-state index in [-0.39, 0.29) is 10.7 Å². The molecular weight excluding hydrogens is 243 g/mol. The minimum atomic E-state index is -3.79. The first-order chi connectivity index (χ1) is 6.94. The molecular formula is C8H6ClFN2O2S. The summed E-state index contributed by atoms with van der Waals surface area (Å²) in [6.45, 7) is 0. The molecule has 0 saturated heterocycles. The number of hydrogen-bond acceptors (Lipinski definition) is 3. The van der Waals surface area contributed by atoms with Gasteiger partial charge in [0.25, 0.3) is 0 Å². The van der Waals surface area contributed by atoms with E-state index in [1.165, 1.54) is 12.1 Å². The molecule has 7 heteroatoms. The molecule has 0 radical (unpaired) electrons. The zero-order chi connectivity index (χ0) is 11.5. The highest BCUT2D eigenvalue weighted by atomic mass is 35.5. The van der Waals surface area contributed by atoms with E-state index in [1.807, 2.05) is 4.72 Å². The fourth-order valence-corrected chi connectivity index (χ4v) is 1.83. The van der Waals surface area contributed by atoms with Gasteiger partial charge in [-0.15, -0.1) is 0 Å². The predicted octanol–water partition coefficient (Wildman–Crippen LogP) is 1.74. The van der Waals surface area contributed by atoms with E-state index in [4.69, 9.17) is 16.9 Å². The number of nitriles is 1. The van der Waals surface area contributed by atoms with Gasteiger partial charge in [0.1, 0.15) is 5.82 Å². The van der Waals surface area contributed by atoms with Crippen LogP contribution in [-0.4, -0.2) is 14.2 Å². The van der Waals surface area contributed by atoms with Crippen LogP contribution in [0, 0.1) is 17.1 Å². The van der Waals surface area contributed by atoms with Crippen LogP contribution in [0.4, 0.5) is 10.1 Å². The number of rotatable bonds is 3. The van der Waals surface area contributed by atoms with Crippen molar-refractivity contribution < 1.29 is 12.8 Å². The van der Waals surface area contributed by atoms with E-state index in [9.17, 15) is 12.8 Å². The third kappa shape index (κ3) is 3.38. The first-order valence-electron chi connectivity index (χ1n) is 3.77. The molecule has 15 heavy (non-hydrogen) atoms. The number of sulfonamides is 1. The molecule has 80 valence electrons. The maximum Gasteiger partial charge on any atom is 0.246 e. The van der Waals surface area contributed by atoms with Gasteiger partial charge in [-0.25, -0.2) is 12.8 Å². The predicted molar refractivity (Wildman–Crippen MR) is 54.4 cm³/mol. The topological polar surface area (TPSA) is 70.0 Å². The van der Waals surface area contributed by atoms with Crippen LogP contribution in [0.1, 0.15) is 0 Å². The molecule has 4 nitrogen and oxygen atoms in total. The average Bonchev–Trinajstić information content (AvgIpc) is 2.10. The summed E-state index contributed by atoms with van der Waals surface area (Å²) in [5.74, 6) is -1.33. The molecule has 1 N–H and O–H groups in total. The quantitative estimate of drug-likeness (QED) is 0.886. The summed E-state index contributed by atoms with van der Waals surface area (Å²) < 4.78 is 37.1. The van der Waals surface area contributed by atoms with Crippen LogP contribution < -0.4 is 4.72 Å². The second kappa shape index (κ2) is 4.47. The summed E-state index contributed by atoms with van der Waals surface area (Å²) in [6, 6.07) is 4.74. The highest BCUT2D eigenvalue weighted by Crippen LogP contribution is 2.23. The number of halogens is 2. The fraction of sp³-hybridized carbons (Fsp3) is 0.125. The van der Waals surface area contributed by atoms with E-state index >= 15 is 0 Å². The van der Waals surface area contributed by atoms with E-state index in [2.05, 4.69) is 0 Å². The van der Waals surface area contributed by atoms with Crippen molar-refractivity contribution in [3.05, 3.63) is 29.0 Å². The number of hydrogen-bond donors (Lipinski definition) is 1. The molecule has 0 amide bonds. The molecule has 0 atom stereocenters. The van der Waals surface area contributed by atoms with E-state index in [0.29, 0.717) is 0 Å². The van der Waals surface area contributed by atoms with Gasteiger partial charge in [0.2, 0.25) is 10.0 Å². The SMILES string of the molecule is N#CCS(=O)(=O)Nc1cc(F)ccc1Cl. The molecule has 0 aliphatic carbocycles. The Kier molecular flexibility index (Phi) is 3.50. The lowest BCUT2D eigenvalue weighted by molar-refractivity contribution is 0.604. The van der Waals surface area contributed by atoms with Gasteiger partial charge in [-0.1, -0.05) is 11.6 Å². The summed E-state index contributed by atoms with van der Waals surface area (Å²) in [6.07, 6.45) is 0. The largest absolute Gasteiger partial charge is 0.281 e. The Bertz CT molecular complexity index is 510. The second-order valence-corrected chi connectivity index (χ2v) is 4.77. The number of benzene rings is 1. The number of anilines is 1. The highest BCUT2D eigenvalue weighted by molar-refractivity contribution is 7.92. The summed E-state index contributed by atoms with van der Waals surface area (Å²) in [4.78, 5) is 0. The number of nitrogens with one attached hydrogen (secondary N) is 1. The maximum absolute atomic E-state index is 12.7. The van der Waals surface area contributed by atoms with Gasteiger partial charge >= 0.3 is 0 Å². The Morgan fingerprint density at radius 1 is 1.53 bits per heavy atom. The zero-order valence-corrected chi connectivity index (χ0v) is 8.94. The average molecular weight is 249 g/mol. The van der Waals surface area contributed by atoms with Gasteiger partial charge in [0, 0.05) is 0 Å². The van der Waals surface area contributed by atoms with E-state index in [1.54, 1.807) is 0 Å². The Morgan fingerprint density at radius 2 is 2.20 bits per heavy atom. The van der Waals surface area contributed by atoms with Crippen molar-refractivity contribution in [2.75, 3.05) is 10.5 Å². The Morgan fingerprint density at radius 3 is 2.80 bits per heavy atom. The zero-order valence-electron chi connectivity index (χ0n) is 7.37. The van der Waals surface area contributed by atoms with Gasteiger partial charge in [-0.2, -0.15) is 5.26 Å².